The van der Waals surface area contributed by atoms with Gasteiger partial charge in [-0.2, -0.15) is 0 Å². The lowest BCUT2D eigenvalue weighted by atomic mass is 10.1. The molecule has 0 atom stereocenters. The van der Waals surface area contributed by atoms with Crippen LogP contribution >= 0.6 is 11.6 Å². The quantitative estimate of drug-likeness (QED) is 0.460. The molecule has 0 radical (unpaired) electrons. The van der Waals surface area contributed by atoms with Gasteiger partial charge >= 0.3 is 11.9 Å². The van der Waals surface area contributed by atoms with Gasteiger partial charge in [0.25, 0.3) is 0 Å². The van der Waals surface area contributed by atoms with E-state index in [1.54, 1.807) is 18.2 Å². The highest BCUT2D eigenvalue weighted by atomic mass is 35.5. The van der Waals surface area contributed by atoms with Crippen molar-refractivity contribution in [2.45, 2.75) is 6.42 Å². The van der Waals surface area contributed by atoms with E-state index >= 15 is 0 Å². The summed E-state index contributed by atoms with van der Waals surface area (Å²) in [5.74, 6) is -0.592. The summed E-state index contributed by atoms with van der Waals surface area (Å²) in [5.41, 5.74) is 1.52. The summed E-state index contributed by atoms with van der Waals surface area (Å²) in [6.45, 7) is 0. The molecular formula is C12H9ClO3. The van der Waals surface area contributed by atoms with Gasteiger partial charge < -0.3 is 4.74 Å². The molecule has 82 valence electrons. The van der Waals surface area contributed by atoms with Gasteiger partial charge in [0.15, 0.2) is 0 Å². The number of fused-ring (bicyclic) bond motifs is 1. The van der Waals surface area contributed by atoms with E-state index in [1.807, 2.05) is 12.2 Å². The summed E-state index contributed by atoms with van der Waals surface area (Å²) < 4.78 is 4.49. The van der Waals surface area contributed by atoms with E-state index in [2.05, 4.69) is 4.74 Å². The molecule has 4 heteroatoms. The molecule has 16 heavy (non-hydrogen) atoms. The van der Waals surface area contributed by atoms with Crippen molar-refractivity contribution in [3.05, 3.63) is 41.0 Å². The topological polar surface area (TPSA) is 43.4 Å². The van der Waals surface area contributed by atoms with E-state index in [9.17, 15) is 9.59 Å². The van der Waals surface area contributed by atoms with Crippen LogP contribution in [-0.2, 0) is 4.74 Å². The van der Waals surface area contributed by atoms with Gasteiger partial charge in [-0.25, -0.2) is 9.59 Å². The maximum atomic E-state index is 11.3. The van der Waals surface area contributed by atoms with Crippen LogP contribution in [0.2, 0.25) is 0 Å². The first-order chi connectivity index (χ1) is 7.72. The Labute approximate surface area is 97.7 Å². The predicted octanol–water partition coefficient (Wildman–Crippen LogP) is 2.64. The van der Waals surface area contributed by atoms with Gasteiger partial charge in [-0.3, -0.25) is 0 Å². The molecule has 3 nitrogen and oxygen atoms in total. The molecule has 1 aromatic rings. The Morgan fingerprint density at radius 1 is 1.19 bits per heavy atom. The van der Waals surface area contributed by atoms with Crippen molar-refractivity contribution in [2.24, 2.45) is 0 Å². The SMILES string of the molecule is O=C1OC(=O)c2cc(C=CCCCl)ccc21. The first kappa shape index (κ1) is 10.9. The van der Waals surface area contributed by atoms with Crippen molar-refractivity contribution < 1.29 is 14.3 Å². The van der Waals surface area contributed by atoms with Crippen molar-refractivity contribution in [1.82, 2.24) is 0 Å². The molecule has 0 fully saturated rings. The summed E-state index contributed by atoms with van der Waals surface area (Å²) in [7, 11) is 0. The highest BCUT2D eigenvalue weighted by Crippen LogP contribution is 2.21. The fraction of sp³-hybridized carbons (Fsp3) is 0.167. The van der Waals surface area contributed by atoms with Crippen molar-refractivity contribution in [3.63, 3.8) is 0 Å². The number of carbonyl (C=O) groups excluding carboxylic acids is 2. The number of halogens is 1. The second kappa shape index (κ2) is 4.49. The molecule has 1 aliphatic rings. The molecule has 0 N–H and O–H groups in total. The summed E-state index contributed by atoms with van der Waals surface area (Å²) in [5, 5.41) is 0. The zero-order chi connectivity index (χ0) is 11.5. The Hall–Kier alpha value is -1.61. The van der Waals surface area contributed by atoms with Crippen LogP contribution in [-0.4, -0.2) is 17.8 Å². The number of ether oxygens (including phenoxy) is 1. The minimum absolute atomic E-state index is 0.332. The summed E-state index contributed by atoms with van der Waals surface area (Å²) >= 11 is 5.53. The molecule has 1 aromatic carbocycles. The Balaban J connectivity index is 2.30. The summed E-state index contributed by atoms with van der Waals surface area (Å²) in [4.78, 5) is 22.4. The highest BCUT2D eigenvalue weighted by molar-refractivity contribution is 6.18. The van der Waals surface area contributed by atoms with E-state index < -0.39 is 11.9 Å². The molecule has 0 saturated carbocycles. The number of rotatable bonds is 3. The molecule has 0 aromatic heterocycles. The molecule has 0 bridgehead atoms. The lowest BCUT2D eigenvalue weighted by Crippen LogP contribution is -1.96. The first-order valence-corrected chi connectivity index (χ1v) is 5.39. The largest absolute Gasteiger partial charge is 0.386 e. The van der Waals surface area contributed by atoms with Crippen LogP contribution < -0.4 is 0 Å². The van der Waals surface area contributed by atoms with Gasteiger partial charge in [0.1, 0.15) is 0 Å². The zero-order valence-corrected chi connectivity index (χ0v) is 9.16. The minimum atomic E-state index is -0.576. The first-order valence-electron chi connectivity index (χ1n) is 4.85. The van der Waals surface area contributed by atoms with Gasteiger partial charge in [-0.1, -0.05) is 18.2 Å². The van der Waals surface area contributed by atoms with Crippen molar-refractivity contribution in [1.29, 1.82) is 0 Å². The number of alkyl halides is 1. The number of benzene rings is 1. The third kappa shape index (κ3) is 1.99. The van der Waals surface area contributed by atoms with Gasteiger partial charge in [0, 0.05) is 5.88 Å². The Morgan fingerprint density at radius 2 is 1.94 bits per heavy atom. The minimum Gasteiger partial charge on any atom is -0.386 e. The van der Waals surface area contributed by atoms with E-state index in [1.165, 1.54) is 0 Å². The average molecular weight is 237 g/mol. The number of allylic oxidation sites excluding steroid dienone is 1. The Bertz CT molecular complexity index is 477. The van der Waals surface area contributed by atoms with Crippen LogP contribution in [0.25, 0.3) is 6.08 Å². The lowest BCUT2D eigenvalue weighted by molar-refractivity contribution is 0.0444. The number of hydrogen-bond acceptors (Lipinski definition) is 3. The van der Waals surface area contributed by atoms with E-state index in [4.69, 9.17) is 11.6 Å². The number of carbonyl (C=O) groups is 2. The molecule has 0 amide bonds. The van der Waals surface area contributed by atoms with Crippen molar-refractivity contribution in [2.75, 3.05) is 5.88 Å². The Morgan fingerprint density at radius 3 is 2.69 bits per heavy atom. The smallest absolute Gasteiger partial charge is 0.346 e. The molecule has 0 saturated heterocycles. The molecule has 2 rings (SSSR count). The van der Waals surface area contributed by atoms with Crippen LogP contribution in [0.5, 0.6) is 0 Å². The van der Waals surface area contributed by atoms with E-state index in [0.717, 1.165) is 12.0 Å². The van der Waals surface area contributed by atoms with Crippen LogP contribution in [0, 0.1) is 0 Å². The number of hydrogen-bond donors (Lipinski definition) is 0. The average Bonchev–Trinajstić information content (AvgIpc) is 2.55. The third-order valence-electron chi connectivity index (χ3n) is 2.25. The Kier molecular flexibility index (Phi) is 3.06. The van der Waals surface area contributed by atoms with Gasteiger partial charge in [0.2, 0.25) is 0 Å². The van der Waals surface area contributed by atoms with Crippen LogP contribution in [0.1, 0.15) is 32.7 Å². The molecule has 0 aliphatic carbocycles. The van der Waals surface area contributed by atoms with Crippen molar-refractivity contribution >= 4 is 29.6 Å². The maximum Gasteiger partial charge on any atom is 0.346 e. The number of cyclic esters (lactones) is 2. The molecule has 0 unspecified atom stereocenters. The van der Waals surface area contributed by atoms with Gasteiger partial charge in [0.05, 0.1) is 11.1 Å². The highest BCUT2D eigenvalue weighted by Gasteiger charge is 2.29. The van der Waals surface area contributed by atoms with Crippen LogP contribution in [0.15, 0.2) is 24.3 Å². The second-order valence-electron chi connectivity index (χ2n) is 3.36. The monoisotopic (exact) mass is 236 g/mol. The predicted molar refractivity (Wildman–Crippen MR) is 60.6 cm³/mol. The summed E-state index contributed by atoms with van der Waals surface area (Å²) in [6, 6.07) is 5.01. The lowest BCUT2D eigenvalue weighted by Gasteiger charge is -1.95. The van der Waals surface area contributed by atoms with E-state index in [0.29, 0.717) is 17.0 Å². The third-order valence-corrected chi connectivity index (χ3v) is 2.47. The molecule has 1 aliphatic heterocycles. The standard InChI is InChI=1S/C12H9ClO3/c13-6-2-1-3-8-4-5-9-10(7-8)12(15)16-11(9)14/h1,3-5,7H,2,6H2. The second-order valence-corrected chi connectivity index (χ2v) is 3.74. The van der Waals surface area contributed by atoms with E-state index in [-0.39, 0.29) is 0 Å². The molecular weight excluding hydrogens is 228 g/mol. The zero-order valence-electron chi connectivity index (χ0n) is 8.40. The van der Waals surface area contributed by atoms with Crippen LogP contribution in [0.4, 0.5) is 0 Å². The maximum absolute atomic E-state index is 11.3. The fourth-order valence-corrected chi connectivity index (χ4v) is 1.61. The molecule has 0 spiro atoms. The number of esters is 2. The van der Waals surface area contributed by atoms with Gasteiger partial charge in [-0.15, -0.1) is 11.6 Å². The van der Waals surface area contributed by atoms with Gasteiger partial charge in [-0.05, 0) is 24.1 Å². The summed E-state index contributed by atoms with van der Waals surface area (Å²) in [6.07, 6.45) is 4.54. The molecule has 1 heterocycles. The normalized spacial score (nSPS) is 14.3. The van der Waals surface area contributed by atoms with Crippen LogP contribution in [0.3, 0.4) is 0 Å². The van der Waals surface area contributed by atoms with Crippen molar-refractivity contribution in [3.8, 4) is 0 Å². The fourth-order valence-electron chi connectivity index (χ4n) is 1.49.